The molecule has 2 rings (SSSR count). The normalized spacial score (nSPS) is 17.4. The summed E-state index contributed by atoms with van der Waals surface area (Å²) < 4.78 is 0. The quantitative estimate of drug-likeness (QED) is 0.828. The maximum atomic E-state index is 8.87. The van der Waals surface area contributed by atoms with Crippen LogP contribution in [0.4, 0.5) is 0 Å². The first kappa shape index (κ1) is 13.0. The highest BCUT2D eigenvalue weighted by Crippen LogP contribution is 2.37. The zero-order chi connectivity index (χ0) is 13.3. The van der Waals surface area contributed by atoms with Crippen molar-refractivity contribution in [2.24, 2.45) is 5.73 Å². The summed E-state index contributed by atoms with van der Waals surface area (Å²) in [5.74, 6) is 0. The van der Waals surface area contributed by atoms with Gasteiger partial charge in [-0.05, 0) is 23.8 Å². The van der Waals surface area contributed by atoms with E-state index in [2.05, 4.69) is 0 Å². The predicted octanol–water partition coefficient (Wildman–Crippen LogP) is 3.79. The molecule has 6 heteroatoms. The van der Waals surface area contributed by atoms with Gasteiger partial charge in [0.05, 0.1) is 5.70 Å². The van der Waals surface area contributed by atoms with E-state index < -0.39 is 0 Å². The molecule has 0 amide bonds. The van der Waals surface area contributed by atoms with Gasteiger partial charge in [-0.15, -0.1) is 0 Å². The molecule has 0 atom stereocenters. The summed E-state index contributed by atoms with van der Waals surface area (Å²) in [7, 11) is 0. The molecule has 90 valence electrons. The lowest BCUT2D eigenvalue weighted by Gasteiger charge is -2.02. The Bertz CT molecular complexity index is 641. The Hall–Kier alpha value is -1.41. The molecular weight excluding hydrogens is 289 g/mol. The highest BCUT2D eigenvalue weighted by atomic mass is 35.5. The third kappa shape index (κ3) is 2.39. The van der Waals surface area contributed by atoms with Crippen molar-refractivity contribution in [3.63, 3.8) is 0 Å². The molecule has 0 saturated heterocycles. The largest absolute Gasteiger partial charge is 0.397 e. The summed E-state index contributed by atoms with van der Waals surface area (Å²) >= 11 is 13.0. The van der Waals surface area contributed by atoms with Crippen LogP contribution in [-0.4, -0.2) is 5.04 Å². The van der Waals surface area contributed by atoms with E-state index in [1.807, 2.05) is 6.07 Å². The van der Waals surface area contributed by atoms with Gasteiger partial charge in [-0.25, -0.2) is 0 Å². The standard InChI is InChI=1S/C12H7Cl2N3S/c13-7-2-1-6(9(14)4-7)3-10-11(16)8(5-15)12(17)18-10/h1-4,17H,16H2/b10-3+,17-12?. The first-order valence-electron chi connectivity index (χ1n) is 4.86. The Morgan fingerprint density at radius 3 is 2.67 bits per heavy atom. The van der Waals surface area contributed by atoms with E-state index in [1.165, 1.54) is 0 Å². The van der Waals surface area contributed by atoms with E-state index in [9.17, 15) is 0 Å². The van der Waals surface area contributed by atoms with E-state index in [0.717, 1.165) is 17.3 Å². The summed E-state index contributed by atoms with van der Waals surface area (Å²) in [6, 6.07) is 7.03. The first-order chi connectivity index (χ1) is 8.52. The summed E-state index contributed by atoms with van der Waals surface area (Å²) in [6.07, 6.45) is 1.75. The van der Waals surface area contributed by atoms with E-state index in [-0.39, 0.29) is 10.6 Å². The average Bonchev–Trinajstić information content (AvgIpc) is 2.58. The predicted molar refractivity (Wildman–Crippen MR) is 76.6 cm³/mol. The van der Waals surface area contributed by atoms with Crippen molar-refractivity contribution in [3.8, 4) is 6.07 Å². The molecule has 0 spiro atoms. The van der Waals surface area contributed by atoms with E-state index >= 15 is 0 Å². The van der Waals surface area contributed by atoms with Gasteiger partial charge < -0.3 is 5.73 Å². The van der Waals surface area contributed by atoms with Gasteiger partial charge in [0.1, 0.15) is 16.7 Å². The maximum absolute atomic E-state index is 8.87. The van der Waals surface area contributed by atoms with Crippen molar-refractivity contribution < 1.29 is 0 Å². The lowest BCUT2D eigenvalue weighted by molar-refractivity contribution is 1.38. The maximum Gasteiger partial charge on any atom is 0.112 e. The van der Waals surface area contributed by atoms with Crippen LogP contribution in [0.15, 0.2) is 34.4 Å². The number of rotatable bonds is 1. The number of nitrogens with zero attached hydrogens (tertiary/aromatic N) is 1. The molecule has 1 aromatic carbocycles. The van der Waals surface area contributed by atoms with Gasteiger partial charge in [-0.2, -0.15) is 5.26 Å². The second kappa shape index (κ2) is 5.07. The fourth-order valence-electron chi connectivity index (χ4n) is 1.44. The number of benzene rings is 1. The minimum atomic E-state index is 0.159. The molecule has 0 unspecified atom stereocenters. The van der Waals surface area contributed by atoms with Crippen LogP contribution in [0.2, 0.25) is 10.0 Å². The van der Waals surface area contributed by atoms with Crippen LogP contribution in [0.25, 0.3) is 6.08 Å². The molecule has 0 bridgehead atoms. The van der Waals surface area contributed by atoms with Gasteiger partial charge in [0.2, 0.25) is 0 Å². The van der Waals surface area contributed by atoms with Crippen LogP contribution in [0.3, 0.4) is 0 Å². The van der Waals surface area contributed by atoms with Crippen LogP contribution in [0.5, 0.6) is 0 Å². The molecule has 1 aromatic rings. The number of hydrogen-bond donors (Lipinski definition) is 2. The van der Waals surface area contributed by atoms with Crippen LogP contribution in [0, 0.1) is 16.7 Å². The summed E-state index contributed by atoms with van der Waals surface area (Å²) in [6.45, 7) is 0. The molecule has 3 N–H and O–H groups in total. The molecule has 1 aliphatic rings. The fourth-order valence-corrected chi connectivity index (χ4v) is 2.78. The second-order valence-electron chi connectivity index (χ2n) is 3.51. The van der Waals surface area contributed by atoms with Crippen molar-refractivity contribution in [1.82, 2.24) is 0 Å². The Balaban J connectivity index is 2.45. The molecule has 0 saturated carbocycles. The summed E-state index contributed by atoms with van der Waals surface area (Å²) in [4.78, 5) is 0.653. The average molecular weight is 296 g/mol. The van der Waals surface area contributed by atoms with Crippen molar-refractivity contribution in [3.05, 3.63) is 50.0 Å². The Morgan fingerprint density at radius 1 is 1.39 bits per heavy atom. The van der Waals surface area contributed by atoms with Crippen molar-refractivity contribution >= 4 is 46.1 Å². The van der Waals surface area contributed by atoms with Crippen LogP contribution in [-0.2, 0) is 0 Å². The number of nitriles is 1. The number of nitrogens with two attached hydrogens (primary N) is 1. The zero-order valence-corrected chi connectivity index (χ0v) is 11.3. The minimum absolute atomic E-state index is 0.159. The smallest absolute Gasteiger partial charge is 0.112 e. The van der Waals surface area contributed by atoms with Gasteiger partial charge >= 0.3 is 0 Å². The van der Waals surface area contributed by atoms with E-state index in [1.54, 1.807) is 24.3 Å². The van der Waals surface area contributed by atoms with Crippen LogP contribution < -0.4 is 5.73 Å². The monoisotopic (exact) mass is 295 g/mol. The molecule has 0 radical (unpaired) electrons. The van der Waals surface area contributed by atoms with Crippen molar-refractivity contribution in [2.75, 3.05) is 0 Å². The third-order valence-electron chi connectivity index (χ3n) is 2.33. The number of halogens is 2. The fraction of sp³-hybridized carbons (Fsp3) is 0. The van der Waals surface area contributed by atoms with Gasteiger partial charge in [-0.3, -0.25) is 5.41 Å². The Labute approximate surface area is 118 Å². The molecular formula is C12H7Cl2N3S. The van der Waals surface area contributed by atoms with Gasteiger partial charge in [-0.1, -0.05) is 41.0 Å². The summed E-state index contributed by atoms with van der Waals surface area (Å²) in [5.41, 5.74) is 7.08. The minimum Gasteiger partial charge on any atom is -0.397 e. The topological polar surface area (TPSA) is 73.7 Å². The molecule has 1 aliphatic heterocycles. The van der Waals surface area contributed by atoms with Crippen molar-refractivity contribution in [2.45, 2.75) is 0 Å². The lowest BCUT2D eigenvalue weighted by Crippen LogP contribution is -1.99. The molecule has 0 aromatic heterocycles. The first-order valence-corrected chi connectivity index (χ1v) is 6.44. The second-order valence-corrected chi connectivity index (χ2v) is 5.40. The molecule has 18 heavy (non-hydrogen) atoms. The lowest BCUT2D eigenvalue weighted by atomic mass is 10.1. The summed E-state index contributed by atoms with van der Waals surface area (Å²) in [5, 5.41) is 17.7. The number of thioether (sulfide) groups is 1. The van der Waals surface area contributed by atoms with Crippen LogP contribution in [0.1, 0.15) is 5.56 Å². The number of nitrogens with one attached hydrogen (secondary N) is 1. The Kier molecular flexibility index (Phi) is 3.67. The third-order valence-corrected chi connectivity index (χ3v) is 3.86. The molecule has 0 aliphatic carbocycles. The number of hydrogen-bond acceptors (Lipinski definition) is 4. The SMILES string of the molecule is N#CC1=C(N)/C(=C\c2ccc(Cl)cc2Cl)SC1=N. The van der Waals surface area contributed by atoms with Gasteiger partial charge in [0, 0.05) is 15.0 Å². The van der Waals surface area contributed by atoms with Crippen LogP contribution >= 0.6 is 35.0 Å². The van der Waals surface area contributed by atoms with Crippen molar-refractivity contribution in [1.29, 1.82) is 10.7 Å². The van der Waals surface area contributed by atoms with Gasteiger partial charge in [0.25, 0.3) is 0 Å². The van der Waals surface area contributed by atoms with E-state index in [4.69, 9.17) is 39.6 Å². The molecule has 1 heterocycles. The molecule has 0 fully saturated rings. The van der Waals surface area contributed by atoms with Gasteiger partial charge in [0.15, 0.2) is 0 Å². The van der Waals surface area contributed by atoms with E-state index in [0.29, 0.717) is 20.6 Å². The highest BCUT2D eigenvalue weighted by molar-refractivity contribution is 8.18. The highest BCUT2D eigenvalue weighted by Gasteiger charge is 2.23. The molecule has 3 nitrogen and oxygen atoms in total. The Morgan fingerprint density at radius 2 is 2.11 bits per heavy atom. The zero-order valence-electron chi connectivity index (χ0n) is 9.00.